The number of alkyl carbamates (subject to hydrolysis) is 1. The van der Waals surface area contributed by atoms with Gasteiger partial charge in [0.25, 0.3) is 0 Å². The number of rotatable bonds is 7. The van der Waals surface area contributed by atoms with E-state index in [0.717, 1.165) is 22.0 Å². The molecule has 0 unspecified atom stereocenters. The first-order chi connectivity index (χ1) is 16.0. The number of carbonyl (C=O) groups excluding carboxylic acids is 1. The van der Waals surface area contributed by atoms with Crippen LogP contribution in [0.3, 0.4) is 0 Å². The first-order valence-electron chi connectivity index (χ1n) is 10.3. The third kappa shape index (κ3) is 4.62. The lowest BCUT2D eigenvalue weighted by Crippen LogP contribution is -2.24. The minimum atomic E-state index is -0.668. The zero-order valence-electron chi connectivity index (χ0n) is 17.8. The molecule has 0 bridgehead atoms. The highest BCUT2D eigenvalue weighted by Gasteiger charge is 2.15. The van der Waals surface area contributed by atoms with Crippen molar-refractivity contribution in [2.45, 2.75) is 26.3 Å². The van der Waals surface area contributed by atoms with Gasteiger partial charge >= 0.3 is 6.09 Å². The molecule has 0 radical (unpaired) electrons. The topological polar surface area (TPSA) is 140 Å². The van der Waals surface area contributed by atoms with E-state index < -0.39 is 11.9 Å². The van der Waals surface area contributed by atoms with E-state index in [0.29, 0.717) is 29.2 Å². The molecule has 33 heavy (non-hydrogen) atoms. The van der Waals surface area contributed by atoms with Crippen LogP contribution in [-0.4, -0.2) is 38.0 Å². The molecule has 0 saturated heterocycles. The number of imidazole rings is 1. The van der Waals surface area contributed by atoms with Crippen LogP contribution in [0.1, 0.15) is 24.6 Å². The Balaban J connectivity index is 1.54. The van der Waals surface area contributed by atoms with Gasteiger partial charge in [-0.05, 0) is 47.4 Å². The van der Waals surface area contributed by atoms with E-state index in [2.05, 4.69) is 25.5 Å². The molecular weight excluding hydrogens is 427 g/mol. The molecule has 4 aromatic rings. The maximum atomic E-state index is 14.0. The summed E-state index contributed by atoms with van der Waals surface area (Å²) in [5, 5.41) is 28.9. The number of aromatic amines is 2. The summed E-state index contributed by atoms with van der Waals surface area (Å²) in [4.78, 5) is 19.1. The van der Waals surface area contributed by atoms with Gasteiger partial charge in [0.2, 0.25) is 0 Å². The summed E-state index contributed by atoms with van der Waals surface area (Å²) in [7, 11) is 0. The normalized spacial score (nSPS) is 10.8. The minimum absolute atomic E-state index is 0.0337. The summed E-state index contributed by atoms with van der Waals surface area (Å²) in [6.07, 6.45) is 1.82. The van der Waals surface area contributed by atoms with Gasteiger partial charge in [-0.1, -0.05) is 13.0 Å². The average Bonchev–Trinajstić information content (AvgIpc) is 3.45. The number of aromatic nitrogens is 4. The van der Waals surface area contributed by atoms with E-state index in [-0.39, 0.29) is 25.3 Å². The molecular formula is C23H21FN6O3. The molecule has 168 valence electrons. The van der Waals surface area contributed by atoms with Crippen LogP contribution in [0, 0.1) is 17.1 Å². The zero-order valence-corrected chi connectivity index (χ0v) is 17.8. The Morgan fingerprint density at radius 1 is 1.33 bits per heavy atom. The second-order valence-corrected chi connectivity index (χ2v) is 7.28. The molecule has 2 heterocycles. The Hall–Kier alpha value is -4.39. The Kier molecular flexibility index (Phi) is 6.22. The number of amides is 1. The largest absolute Gasteiger partial charge is 0.505 e. The fourth-order valence-corrected chi connectivity index (χ4v) is 3.51. The number of ether oxygens (including phenoxy) is 1. The number of nitriles is 1. The Labute approximate surface area is 188 Å². The summed E-state index contributed by atoms with van der Waals surface area (Å²) >= 11 is 0. The highest BCUT2D eigenvalue weighted by Crippen LogP contribution is 2.33. The molecule has 4 N–H and O–H groups in total. The maximum absolute atomic E-state index is 14.0. The first kappa shape index (κ1) is 21.8. The number of hydrogen-bond donors (Lipinski definition) is 4. The molecule has 2 aromatic carbocycles. The second kappa shape index (κ2) is 9.40. The standard InChI is InChI=1S/C23H21FN6O3/c1-2-13-9-20(31)18(24)10-17(13)14-4-5-16-19(8-14)29-30-21(16)22-26-11-15(28-22)12-27-23(32)33-7-3-6-25/h4-5,8-11,31H,2-3,7,12H2,1H3,(H,26,28)(H,27,32)(H,29,30). The Bertz CT molecular complexity index is 1350. The van der Waals surface area contributed by atoms with Gasteiger partial charge in [0.1, 0.15) is 12.3 Å². The van der Waals surface area contributed by atoms with E-state index in [9.17, 15) is 14.3 Å². The quantitative estimate of drug-likeness (QED) is 0.313. The van der Waals surface area contributed by atoms with Crippen LogP contribution >= 0.6 is 0 Å². The number of aryl methyl sites for hydroxylation is 1. The Morgan fingerprint density at radius 3 is 2.97 bits per heavy atom. The molecule has 2 aromatic heterocycles. The van der Waals surface area contributed by atoms with Crippen LogP contribution in [0.4, 0.5) is 9.18 Å². The lowest BCUT2D eigenvalue weighted by atomic mass is 9.96. The van der Waals surface area contributed by atoms with Crippen LogP contribution in [0.2, 0.25) is 0 Å². The first-order valence-corrected chi connectivity index (χ1v) is 10.3. The number of halogens is 1. The van der Waals surface area contributed by atoms with Gasteiger partial charge in [-0.2, -0.15) is 10.4 Å². The van der Waals surface area contributed by atoms with Crippen LogP contribution in [0.25, 0.3) is 33.5 Å². The van der Waals surface area contributed by atoms with Gasteiger partial charge in [0.15, 0.2) is 17.4 Å². The smallest absolute Gasteiger partial charge is 0.407 e. The summed E-state index contributed by atoms with van der Waals surface area (Å²) < 4.78 is 18.8. The number of aromatic hydroxyl groups is 1. The van der Waals surface area contributed by atoms with Crippen molar-refractivity contribution in [3.8, 4) is 34.5 Å². The number of phenolic OH excluding ortho intramolecular Hbond substituents is 1. The van der Waals surface area contributed by atoms with Crippen molar-refractivity contribution >= 4 is 17.0 Å². The zero-order chi connectivity index (χ0) is 23.4. The molecule has 10 heteroatoms. The van der Waals surface area contributed by atoms with Crippen LogP contribution < -0.4 is 5.32 Å². The second-order valence-electron chi connectivity index (χ2n) is 7.28. The van der Waals surface area contributed by atoms with E-state index in [1.807, 2.05) is 31.2 Å². The highest BCUT2D eigenvalue weighted by atomic mass is 19.1. The van der Waals surface area contributed by atoms with Gasteiger partial charge in [-0.15, -0.1) is 0 Å². The molecule has 4 rings (SSSR count). The number of fused-ring (bicyclic) bond motifs is 1. The third-order valence-electron chi connectivity index (χ3n) is 5.14. The van der Waals surface area contributed by atoms with Crippen LogP contribution in [0.15, 0.2) is 36.5 Å². The predicted octanol–water partition coefficient (Wildman–Crippen LogP) is 4.17. The van der Waals surface area contributed by atoms with Crippen molar-refractivity contribution < 1.29 is 19.0 Å². The number of phenols is 1. The molecule has 0 atom stereocenters. The van der Waals surface area contributed by atoms with Crippen molar-refractivity contribution in [1.82, 2.24) is 25.5 Å². The number of carbonyl (C=O) groups is 1. The van der Waals surface area contributed by atoms with Crippen molar-refractivity contribution in [2.75, 3.05) is 6.61 Å². The van der Waals surface area contributed by atoms with Crippen molar-refractivity contribution in [1.29, 1.82) is 5.26 Å². The monoisotopic (exact) mass is 448 g/mol. The predicted molar refractivity (Wildman–Crippen MR) is 119 cm³/mol. The maximum Gasteiger partial charge on any atom is 0.407 e. The number of benzene rings is 2. The summed E-state index contributed by atoms with van der Waals surface area (Å²) in [6, 6.07) is 10.3. The third-order valence-corrected chi connectivity index (χ3v) is 5.14. The van der Waals surface area contributed by atoms with Crippen LogP contribution in [0.5, 0.6) is 5.75 Å². The van der Waals surface area contributed by atoms with Crippen molar-refractivity contribution in [3.05, 3.63) is 53.6 Å². The lowest BCUT2D eigenvalue weighted by Gasteiger charge is -2.10. The fourth-order valence-electron chi connectivity index (χ4n) is 3.51. The van der Waals surface area contributed by atoms with E-state index in [1.165, 1.54) is 12.1 Å². The van der Waals surface area contributed by atoms with Gasteiger partial charge in [-0.3, -0.25) is 5.10 Å². The summed E-state index contributed by atoms with van der Waals surface area (Å²) in [5.41, 5.74) is 4.28. The van der Waals surface area contributed by atoms with E-state index in [4.69, 9.17) is 10.00 Å². The molecule has 0 spiro atoms. The molecule has 0 fully saturated rings. The summed E-state index contributed by atoms with van der Waals surface area (Å²) in [6.45, 7) is 2.13. The number of hydrogen-bond acceptors (Lipinski definition) is 6. The van der Waals surface area contributed by atoms with Gasteiger partial charge in [-0.25, -0.2) is 14.2 Å². The van der Waals surface area contributed by atoms with Crippen LogP contribution in [-0.2, 0) is 17.7 Å². The fraction of sp³-hybridized carbons (Fsp3) is 0.217. The highest BCUT2D eigenvalue weighted by molar-refractivity contribution is 5.94. The molecule has 0 aliphatic heterocycles. The lowest BCUT2D eigenvalue weighted by molar-refractivity contribution is 0.148. The molecule has 1 amide bonds. The number of H-pyrrole nitrogens is 2. The summed E-state index contributed by atoms with van der Waals surface area (Å²) in [5.74, 6) is -0.508. The van der Waals surface area contributed by atoms with Crippen molar-refractivity contribution in [3.63, 3.8) is 0 Å². The molecule has 0 saturated carbocycles. The van der Waals surface area contributed by atoms with Gasteiger partial charge in [0, 0.05) is 11.6 Å². The number of nitrogens with one attached hydrogen (secondary N) is 3. The van der Waals surface area contributed by atoms with Crippen molar-refractivity contribution in [2.24, 2.45) is 0 Å². The van der Waals surface area contributed by atoms with Gasteiger partial charge < -0.3 is 20.1 Å². The SMILES string of the molecule is CCc1cc(O)c(F)cc1-c1ccc2c(-c3nc(CNC(=O)OCCC#N)c[nH]3)n[nH]c2c1. The van der Waals surface area contributed by atoms with E-state index in [1.54, 1.807) is 6.20 Å². The molecule has 0 aliphatic carbocycles. The van der Waals surface area contributed by atoms with E-state index >= 15 is 0 Å². The molecule has 0 aliphatic rings. The van der Waals surface area contributed by atoms with Gasteiger partial charge in [0.05, 0.1) is 30.2 Å². The Morgan fingerprint density at radius 2 is 2.18 bits per heavy atom. The average molecular weight is 448 g/mol. The minimum Gasteiger partial charge on any atom is -0.505 e. The molecule has 9 nitrogen and oxygen atoms in total. The number of nitrogens with zero attached hydrogens (tertiary/aromatic N) is 3.